The van der Waals surface area contributed by atoms with E-state index in [0.717, 1.165) is 10.5 Å². The van der Waals surface area contributed by atoms with Gasteiger partial charge >= 0.3 is 0 Å². The van der Waals surface area contributed by atoms with Crippen molar-refractivity contribution in [3.63, 3.8) is 0 Å². The number of methoxy groups -OCH3 is 1. The average molecular weight is 836 g/mol. The molecule has 3 fully saturated rings. The van der Waals surface area contributed by atoms with Gasteiger partial charge in [-0.3, -0.25) is 29.0 Å². The molecule has 2 N–H and O–H groups in total. The quantitative estimate of drug-likeness (QED) is 0.169. The molecule has 0 radical (unpaired) electrons. The van der Waals surface area contributed by atoms with Gasteiger partial charge in [-0.2, -0.15) is 0 Å². The number of phenols is 2. The van der Waals surface area contributed by atoms with Crippen LogP contribution in [0.1, 0.15) is 29.9 Å². The van der Waals surface area contributed by atoms with Crippen molar-refractivity contribution in [1.29, 1.82) is 0 Å². The van der Waals surface area contributed by atoms with Gasteiger partial charge in [-0.15, -0.1) is 23.2 Å². The predicted molar refractivity (Wildman–Crippen MR) is 172 cm³/mol. The van der Waals surface area contributed by atoms with Crippen LogP contribution in [0, 0.1) is 17.8 Å². The highest BCUT2D eigenvalue weighted by Gasteiger charge is 2.76. The van der Waals surface area contributed by atoms with E-state index in [-0.39, 0.29) is 58.4 Å². The van der Waals surface area contributed by atoms with E-state index in [4.69, 9.17) is 27.9 Å². The second-order valence-corrected chi connectivity index (χ2v) is 14.7. The van der Waals surface area contributed by atoms with Crippen molar-refractivity contribution in [3.8, 4) is 17.2 Å². The summed E-state index contributed by atoms with van der Waals surface area (Å²) in [5, 5.41) is 20.3. The van der Waals surface area contributed by atoms with Gasteiger partial charge in [-0.1, -0.05) is 39.7 Å². The topological polar surface area (TPSA) is 124 Å². The van der Waals surface area contributed by atoms with Crippen LogP contribution in [0.2, 0.25) is 0 Å². The third-order valence-electron chi connectivity index (χ3n) is 9.37. The first-order valence-corrected chi connectivity index (χ1v) is 17.2. The van der Waals surface area contributed by atoms with Crippen LogP contribution in [0.15, 0.2) is 50.9 Å². The van der Waals surface area contributed by atoms with Crippen molar-refractivity contribution in [2.75, 3.05) is 19.1 Å². The molecule has 44 heavy (non-hydrogen) atoms. The monoisotopic (exact) mass is 832 g/mol. The highest BCUT2D eigenvalue weighted by atomic mass is 79.9. The average Bonchev–Trinajstić information content (AvgIpc) is 3.33. The molecule has 14 heteroatoms. The van der Waals surface area contributed by atoms with E-state index in [2.05, 4.69) is 47.8 Å². The number of hydrogen-bond donors (Lipinski definition) is 2. The van der Waals surface area contributed by atoms with Crippen LogP contribution < -0.4 is 4.74 Å². The zero-order valence-electron chi connectivity index (χ0n) is 23.0. The van der Waals surface area contributed by atoms with E-state index in [0.29, 0.717) is 22.0 Å². The number of hydrogen-bond acceptors (Lipinski definition) is 7. The predicted octanol–water partition coefficient (Wildman–Crippen LogP) is 5.59. The van der Waals surface area contributed by atoms with Gasteiger partial charge in [0, 0.05) is 16.9 Å². The number of ether oxygens (including phenoxy) is 1. The molecule has 4 aliphatic rings. The van der Waals surface area contributed by atoms with E-state index in [9.17, 15) is 29.4 Å². The summed E-state index contributed by atoms with van der Waals surface area (Å²) in [5.74, 6) is -5.23. The number of phenolic OH excluding ortho intramolecular Hbond substituents is 2. The van der Waals surface area contributed by atoms with Gasteiger partial charge < -0.3 is 14.9 Å². The van der Waals surface area contributed by atoms with Gasteiger partial charge in [-0.05, 0) is 86.4 Å². The lowest BCUT2D eigenvalue weighted by atomic mass is 9.56. The lowest BCUT2D eigenvalue weighted by molar-refractivity contribution is -0.141. The summed E-state index contributed by atoms with van der Waals surface area (Å²) < 4.78 is 6.01. The van der Waals surface area contributed by atoms with Crippen molar-refractivity contribution in [2.45, 2.75) is 34.9 Å². The van der Waals surface area contributed by atoms with E-state index in [1.807, 2.05) is 6.08 Å². The SMILES string of the molecule is COc1cc(C2C3=CCC4C(=O)N(CCc5ccc(O)cc5)C(=O)C4C3CC3(Cl)C(=O)N(CBr)C(=O)C23Cl)c(Br)c(Br)c1O. The summed E-state index contributed by atoms with van der Waals surface area (Å²) in [7, 11) is 1.38. The maximum atomic E-state index is 14.1. The lowest BCUT2D eigenvalue weighted by Gasteiger charge is -2.51. The number of halogens is 5. The molecule has 6 rings (SSSR count). The number of rotatable bonds is 6. The number of imide groups is 2. The third-order valence-corrected chi connectivity index (χ3v) is 13.4. The molecule has 0 bridgehead atoms. The molecule has 1 saturated carbocycles. The summed E-state index contributed by atoms with van der Waals surface area (Å²) in [4.78, 5) is 53.8. The standard InChI is InChI=1S/C30H25Br3Cl2N2O7/c1-44-19-10-17(22(32)23(33)24(19)39)21-15-6-7-16-20(18(15)11-29(34)27(42)37(12-31)28(43)30(21,29)35)26(41)36(25(16)40)9-8-13-2-4-14(38)5-3-13/h2-6,10,16,18,20-21,38-39H,7-9,11-12H2,1H3. The largest absolute Gasteiger partial charge is 0.508 e. The number of carbonyl (C=O) groups excluding carboxylic acids is 4. The van der Waals surface area contributed by atoms with Gasteiger partial charge in [0.05, 0.1) is 28.9 Å². The Labute approximate surface area is 287 Å². The Morgan fingerprint density at radius 1 is 0.977 bits per heavy atom. The number of fused-ring (bicyclic) bond motifs is 4. The van der Waals surface area contributed by atoms with Crippen LogP contribution in [-0.2, 0) is 25.6 Å². The molecule has 2 aromatic carbocycles. The number of likely N-dealkylation sites (tertiary alicyclic amines) is 2. The summed E-state index contributed by atoms with van der Waals surface area (Å²) in [6.07, 6.45) is 2.35. The minimum Gasteiger partial charge on any atom is -0.508 e. The first-order valence-electron chi connectivity index (χ1n) is 13.7. The van der Waals surface area contributed by atoms with Crippen molar-refractivity contribution in [2.24, 2.45) is 17.8 Å². The van der Waals surface area contributed by atoms with Crippen molar-refractivity contribution in [3.05, 3.63) is 62.1 Å². The van der Waals surface area contributed by atoms with Gasteiger partial charge in [0.15, 0.2) is 21.2 Å². The molecule has 4 amide bonds. The smallest absolute Gasteiger partial charge is 0.254 e. The maximum Gasteiger partial charge on any atom is 0.254 e. The van der Waals surface area contributed by atoms with E-state index in [1.54, 1.807) is 24.3 Å². The van der Waals surface area contributed by atoms with E-state index >= 15 is 0 Å². The molecule has 6 unspecified atom stereocenters. The number of carbonyl (C=O) groups is 4. The number of aromatic hydroxyl groups is 2. The second kappa shape index (κ2) is 11.3. The molecule has 6 atom stereocenters. The molecule has 2 aliphatic heterocycles. The molecule has 0 aromatic heterocycles. The molecule has 232 valence electrons. The second-order valence-electron chi connectivity index (χ2n) is 11.4. The zero-order chi connectivity index (χ0) is 31.9. The zero-order valence-corrected chi connectivity index (χ0v) is 29.3. The number of nitrogens with zero attached hydrogens (tertiary/aromatic N) is 2. The number of allylic oxidation sites excluding steroid dienone is 2. The molecule has 2 aromatic rings. The van der Waals surface area contributed by atoms with Crippen molar-refractivity contribution in [1.82, 2.24) is 9.80 Å². The Hall–Kier alpha value is -2.12. The highest BCUT2D eigenvalue weighted by molar-refractivity contribution is 9.13. The molecule has 2 saturated heterocycles. The summed E-state index contributed by atoms with van der Waals surface area (Å²) in [6, 6.07) is 8.09. The Morgan fingerprint density at radius 3 is 2.30 bits per heavy atom. The summed E-state index contributed by atoms with van der Waals surface area (Å²) in [5.41, 5.74) is 1.75. The Balaban J connectivity index is 1.46. The third kappa shape index (κ3) is 4.34. The summed E-state index contributed by atoms with van der Waals surface area (Å²) in [6.45, 7) is 0.148. The van der Waals surface area contributed by atoms with Crippen LogP contribution in [-0.4, -0.2) is 72.5 Å². The molecule has 9 nitrogen and oxygen atoms in total. The van der Waals surface area contributed by atoms with Gasteiger partial charge in [0.1, 0.15) is 5.75 Å². The fraction of sp³-hybridized carbons (Fsp3) is 0.400. The van der Waals surface area contributed by atoms with E-state index in [1.165, 1.54) is 18.1 Å². The Kier molecular flexibility index (Phi) is 8.17. The normalized spacial score (nSPS) is 31.2. The molecule has 2 aliphatic carbocycles. The van der Waals surface area contributed by atoms with Gasteiger partial charge in [0.2, 0.25) is 11.8 Å². The van der Waals surface area contributed by atoms with Gasteiger partial charge in [-0.25, -0.2) is 0 Å². The summed E-state index contributed by atoms with van der Waals surface area (Å²) >= 11 is 24.7. The minimum atomic E-state index is -2.00. The Morgan fingerprint density at radius 2 is 1.66 bits per heavy atom. The number of benzene rings is 2. The fourth-order valence-corrected chi connectivity index (χ4v) is 9.64. The van der Waals surface area contributed by atoms with Crippen LogP contribution in [0.4, 0.5) is 0 Å². The Bertz CT molecular complexity index is 1650. The van der Waals surface area contributed by atoms with Crippen LogP contribution in [0.5, 0.6) is 17.2 Å². The molecule has 2 heterocycles. The first kappa shape index (κ1) is 31.8. The highest BCUT2D eigenvalue weighted by Crippen LogP contribution is 2.66. The van der Waals surface area contributed by atoms with E-state index < -0.39 is 45.2 Å². The van der Waals surface area contributed by atoms with Crippen molar-refractivity contribution < 1.29 is 34.1 Å². The molecular formula is C30H25Br3Cl2N2O7. The lowest BCUT2D eigenvalue weighted by Crippen LogP contribution is -2.60. The van der Waals surface area contributed by atoms with Crippen LogP contribution >= 0.6 is 71.0 Å². The van der Waals surface area contributed by atoms with Crippen LogP contribution in [0.25, 0.3) is 0 Å². The van der Waals surface area contributed by atoms with Crippen molar-refractivity contribution >= 4 is 94.6 Å². The first-order chi connectivity index (χ1) is 20.8. The number of amides is 4. The minimum absolute atomic E-state index is 0.0913. The van der Waals surface area contributed by atoms with Crippen LogP contribution in [0.3, 0.4) is 0 Å². The van der Waals surface area contributed by atoms with Gasteiger partial charge in [0.25, 0.3) is 11.8 Å². The molecule has 0 spiro atoms. The number of alkyl halides is 3. The molecular weight excluding hydrogens is 811 g/mol. The maximum absolute atomic E-state index is 14.1. The fourth-order valence-electron chi connectivity index (χ4n) is 7.27.